The van der Waals surface area contributed by atoms with Crippen molar-refractivity contribution in [2.75, 3.05) is 11.4 Å². The van der Waals surface area contributed by atoms with Gasteiger partial charge in [0.25, 0.3) is 0 Å². The molecule has 0 saturated heterocycles. The average molecular weight is 271 g/mol. The molecule has 1 N–H and O–H groups in total. The smallest absolute Gasteiger partial charge is 0.141 e. The lowest BCUT2D eigenvalue weighted by atomic mass is 10.1. The molecule has 3 nitrogen and oxygen atoms in total. The third kappa shape index (κ3) is 2.80. The van der Waals surface area contributed by atoms with Crippen LogP contribution in [0.3, 0.4) is 0 Å². The van der Waals surface area contributed by atoms with E-state index in [0.29, 0.717) is 12.6 Å². The van der Waals surface area contributed by atoms with Crippen molar-refractivity contribution in [2.45, 2.75) is 26.1 Å². The molecule has 1 aromatic heterocycles. The topological polar surface area (TPSA) is 28.2 Å². The van der Waals surface area contributed by atoms with E-state index in [1.165, 1.54) is 17.4 Å². The Kier molecular flexibility index (Phi) is 3.65. The van der Waals surface area contributed by atoms with Gasteiger partial charge in [-0.2, -0.15) is 0 Å². The van der Waals surface area contributed by atoms with Gasteiger partial charge in [0.05, 0.1) is 6.20 Å². The van der Waals surface area contributed by atoms with Crippen molar-refractivity contribution in [3.8, 4) is 0 Å². The van der Waals surface area contributed by atoms with Gasteiger partial charge in [-0.1, -0.05) is 18.2 Å². The molecule has 0 bridgehead atoms. The summed E-state index contributed by atoms with van der Waals surface area (Å²) < 4.78 is 13.3. The van der Waals surface area contributed by atoms with Crippen molar-refractivity contribution in [1.82, 2.24) is 10.3 Å². The molecule has 0 aliphatic carbocycles. The predicted octanol–water partition coefficient (Wildman–Crippen LogP) is 2.72. The summed E-state index contributed by atoms with van der Waals surface area (Å²) in [6.07, 6.45) is 2.97. The number of nitrogens with one attached hydrogen (secondary N) is 1. The van der Waals surface area contributed by atoms with Crippen LogP contribution in [-0.2, 0) is 13.1 Å². The summed E-state index contributed by atoms with van der Waals surface area (Å²) >= 11 is 0. The maximum Gasteiger partial charge on any atom is 0.141 e. The highest BCUT2D eigenvalue weighted by molar-refractivity contribution is 5.54. The summed E-state index contributed by atoms with van der Waals surface area (Å²) in [4.78, 5) is 6.22. The highest BCUT2D eigenvalue weighted by Gasteiger charge is 2.18. The lowest BCUT2D eigenvalue weighted by Crippen LogP contribution is -2.35. The van der Waals surface area contributed by atoms with Crippen LogP contribution in [0.15, 0.2) is 42.7 Å². The fourth-order valence-corrected chi connectivity index (χ4v) is 2.66. The van der Waals surface area contributed by atoms with Crippen LogP contribution in [0.1, 0.15) is 18.1 Å². The molecule has 20 heavy (non-hydrogen) atoms. The minimum absolute atomic E-state index is 0.281. The molecule has 0 fully saturated rings. The molecule has 1 atom stereocenters. The van der Waals surface area contributed by atoms with Crippen molar-refractivity contribution < 1.29 is 4.39 Å². The lowest BCUT2D eigenvalue weighted by molar-refractivity contribution is 0.551. The SMILES string of the molecule is CC1CN(Cc2cncc(F)c2)c2ccccc2CN1. The molecule has 1 aliphatic heterocycles. The first-order chi connectivity index (χ1) is 9.72. The average Bonchev–Trinajstić information content (AvgIpc) is 2.59. The van der Waals surface area contributed by atoms with Gasteiger partial charge in [-0.15, -0.1) is 0 Å². The fourth-order valence-electron chi connectivity index (χ4n) is 2.66. The van der Waals surface area contributed by atoms with Crippen molar-refractivity contribution in [3.63, 3.8) is 0 Å². The van der Waals surface area contributed by atoms with Crippen LogP contribution in [0.4, 0.5) is 10.1 Å². The van der Waals surface area contributed by atoms with Crippen LogP contribution < -0.4 is 10.2 Å². The molecule has 2 heterocycles. The van der Waals surface area contributed by atoms with E-state index in [0.717, 1.165) is 18.7 Å². The number of benzene rings is 1. The Morgan fingerprint density at radius 1 is 1.35 bits per heavy atom. The first-order valence-electron chi connectivity index (χ1n) is 6.88. The Morgan fingerprint density at radius 3 is 3.05 bits per heavy atom. The number of halogens is 1. The minimum Gasteiger partial charge on any atom is -0.365 e. The minimum atomic E-state index is -0.281. The number of hydrogen-bond donors (Lipinski definition) is 1. The largest absolute Gasteiger partial charge is 0.365 e. The summed E-state index contributed by atoms with van der Waals surface area (Å²) in [7, 11) is 0. The first-order valence-corrected chi connectivity index (χ1v) is 6.88. The van der Waals surface area contributed by atoms with E-state index in [1.807, 2.05) is 6.07 Å². The second-order valence-corrected chi connectivity index (χ2v) is 5.30. The maximum absolute atomic E-state index is 13.3. The van der Waals surface area contributed by atoms with Crippen LogP contribution in [0.2, 0.25) is 0 Å². The van der Waals surface area contributed by atoms with Crippen LogP contribution in [0, 0.1) is 5.82 Å². The molecule has 1 aromatic carbocycles. The molecule has 104 valence electrons. The van der Waals surface area contributed by atoms with E-state index in [2.05, 4.69) is 40.3 Å². The van der Waals surface area contributed by atoms with E-state index in [-0.39, 0.29) is 5.82 Å². The number of aromatic nitrogens is 1. The van der Waals surface area contributed by atoms with Crippen LogP contribution in [0.5, 0.6) is 0 Å². The number of hydrogen-bond acceptors (Lipinski definition) is 3. The summed E-state index contributed by atoms with van der Waals surface area (Å²) in [5.74, 6) is -0.281. The molecule has 1 aliphatic rings. The summed E-state index contributed by atoms with van der Waals surface area (Å²) in [6, 6.07) is 10.3. The lowest BCUT2D eigenvalue weighted by Gasteiger charge is -2.26. The number of fused-ring (bicyclic) bond motifs is 1. The van der Waals surface area contributed by atoms with Gasteiger partial charge in [-0.3, -0.25) is 4.98 Å². The van der Waals surface area contributed by atoms with Crippen LogP contribution in [-0.4, -0.2) is 17.6 Å². The van der Waals surface area contributed by atoms with Gasteiger partial charge in [-0.05, 0) is 30.2 Å². The maximum atomic E-state index is 13.3. The molecule has 0 spiro atoms. The number of anilines is 1. The highest BCUT2D eigenvalue weighted by Crippen LogP contribution is 2.25. The molecule has 0 radical (unpaired) electrons. The zero-order valence-corrected chi connectivity index (χ0v) is 11.5. The Hall–Kier alpha value is -1.94. The van der Waals surface area contributed by atoms with E-state index in [1.54, 1.807) is 12.3 Å². The van der Waals surface area contributed by atoms with Gasteiger partial charge in [0.15, 0.2) is 0 Å². The Morgan fingerprint density at radius 2 is 2.20 bits per heavy atom. The fraction of sp³-hybridized carbons (Fsp3) is 0.312. The van der Waals surface area contributed by atoms with Gasteiger partial charge in [0.2, 0.25) is 0 Å². The predicted molar refractivity (Wildman–Crippen MR) is 78.0 cm³/mol. The Labute approximate surface area is 118 Å². The molecule has 0 saturated carbocycles. The third-order valence-electron chi connectivity index (χ3n) is 3.60. The van der Waals surface area contributed by atoms with Gasteiger partial charge >= 0.3 is 0 Å². The van der Waals surface area contributed by atoms with Crippen molar-refractivity contribution >= 4 is 5.69 Å². The molecule has 4 heteroatoms. The first kappa shape index (κ1) is 13.1. The van der Waals surface area contributed by atoms with E-state index in [4.69, 9.17) is 0 Å². The van der Waals surface area contributed by atoms with Crippen molar-refractivity contribution in [1.29, 1.82) is 0 Å². The Balaban J connectivity index is 1.90. The molecule has 0 amide bonds. The second kappa shape index (κ2) is 5.59. The Bertz CT molecular complexity index is 600. The number of pyridine rings is 1. The molecule has 3 rings (SSSR count). The standard InChI is InChI=1S/C16H18FN3/c1-12-10-20(11-13-6-15(17)9-18-7-13)16-5-3-2-4-14(16)8-19-12/h2-7,9,12,19H,8,10-11H2,1H3. The van der Waals surface area contributed by atoms with E-state index >= 15 is 0 Å². The number of para-hydroxylation sites is 1. The monoisotopic (exact) mass is 271 g/mol. The third-order valence-corrected chi connectivity index (χ3v) is 3.60. The number of rotatable bonds is 2. The molecule has 1 unspecified atom stereocenters. The van der Waals surface area contributed by atoms with Crippen LogP contribution in [0.25, 0.3) is 0 Å². The van der Waals surface area contributed by atoms with Gasteiger partial charge in [0, 0.05) is 37.6 Å². The highest BCUT2D eigenvalue weighted by atomic mass is 19.1. The van der Waals surface area contributed by atoms with Crippen molar-refractivity contribution in [2.24, 2.45) is 0 Å². The zero-order valence-electron chi connectivity index (χ0n) is 11.5. The molecular weight excluding hydrogens is 253 g/mol. The number of nitrogens with zero attached hydrogens (tertiary/aromatic N) is 2. The normalized spacial score (nSPS) is 18.5. The van der Waals surface area contributed by atoms with Gasteiger partial charge < -0.3 is 10.2 Å². The zero-order chi connectivity index (χ0) is 13.9. The van der Waals surface area contributed by atoms with E-state index in [9.17, 15) is 4.39 Å². The summed E-state index contributed by atoms with van der Waals surface area (Å²) in [5, 5.41) is 3.50. The molecular formula is C16H18FN3. The van der Waals surface area contributed by atoms with E-state index < -0.39 is 0 Å². The van der Waals surface area contributed by atoms with Gasteiger partial charge in [-0.25, -0.2) is 4.39 Å². The van der Waals surface area contributed by atoms with Crippen LogP contribution >= 0.6 is 0 Å². The summed E-state index contributed by atoms with van der Waals surface area (Å²) in [5.41, 5.74) is 3.39. The quantitative estimate of drug-likeness (QED) is 0.910. The molecule has 2 aromatic rings. The van der Waals surface area contributed by atoms with Crippen molar-refractivity contribution in [3.05, 3.63) is 59.7 Å². The second-order valence-electron chi connectivity index (χ2n) is 5.30. The van der Waals surface area contributed by atoms with Gasteiger partial charge in [0.1, 0.15) is 5.82 Å². The summed E-state index contributed by atoms with van der Waals surface area (Å²) in [6.45, 7) is 4.61.